The predicted molar refractivity (Wildman–Crippen MR) is 133 cm³/mol. The molecule has 8 nitrogen and oxygen atoms in total. The highest BCUT2D eigenvalue weighted by molar-refractivity contribution is 5.92. The Kier molecular flexibility index (Phi) is 7.94. The number of benzene rings is 2. The predicted octanol–water partition coefficient (Wildman–Crippen LogP) is 4.45. The third-order valence-electron chi connectivity index (χ3n) is 5.79. The Morgan fingerprint density at radius 1 is 1.00 bits per heavy atom. The van der Waals surface area contributed by atoms with Crippen molar-refractivity contribution in [3.05, 3.63) is 53.3 Å². The molecule has 0 spiro atoms. The maximum absolute atomic E-state index is 13.0. The van der Waals surface area contributed by atoms with Crippen LogP contribution in [-0.2, 0) is 6.54 Å². The third-order valence-corrected chi connectivity index (χ3v) is 5.79. The number of phenols is 2. The number of amides is 1. The molecule has 3 N–H and O–H groups in total. The summed E-state index contributed by atoms with van der Waals surface area (Å²) in [6, 6.07) is 10.8. The molecule has 0 unspecified atom stereocenters. The standard InChI is InChI=1S/C26H35N5O3/c1-7-30(8-2)15-18-9-11-19(12-10-18)31-24(28-29-25(31)26(34)27-17(5)6)21-13-20(16(3)4)22(32)14-23(21)33/h9-14,16-17,32-33H,7-8,15H2,1-6H3,(H,27,34). The molecule has 1 aromatic heterocycles. The van der Waals surface area contributed by atoms with Crippen LogP contribution in [0.4, 0.5) is 0 Å². The summed E-state index contributed by atoms with van der Waals surface area (Å²) in [7, 11) is 0. The van der Waals surface area contributed by atoms with Crippen LogP contribution >= 0.6 is 0 Å². The zero-order chi connectivity index (χ0) is 25.0. The van der Waals surface area contributed by atoms with Crippen LogP contribution in [0, 0.1) is 0 Å². The SMILES string of the molecule is CCN(CC)Cc1ccc(-n2c(C(=O)NC(C)C)nnc2-c2cc(C(C)C)c(O)cc2O)cc1. The van der Waals surface area contributed by atoms with Crippen LogP contribution in [0.3, 0.4) is 0 Å². The Morgan fingerprint density at radius 3 is 2.21 bits per heavy atom. The number of hydrogen-bond donors (Lipinski definition) is 3. The Balaban J connectivity index is 2.15. The number of rotatable bonds is 9. The van der Waals surface area contributed by atoms with E-state index in [-0.39, 0.29) is 35.2 Å². The van der Waals surface area contributed by atoms with Crippen LogP contribution in [0.15, 0.2) is 36.4 Å². The van der Waals surface area contributed by atoms with Gasteiger partial charge in [0.2, 0.25) is 5.82 Å². The van der Waals surface area contributed by atoms with Gasteiger partial charge in [-0.15, -0.1) is 10.2 Å². The summed E-state index contributed by atoms with van der Waals surface area (Å²) in [5.74, 6) is -0.00367. The summed E-state index contributed by atoms with van der Waals surface area (Å²) in [6.45, 7) is 14.7. The quantitative estimate of drug-likeness (QED) is 0.431. The molecule has 1 heterocycles. The largest absolute Gasteiger partial charge is 0.508 e. The first-order valence-electron chi connectivity index (χ1n) is 11.8. The summed E-state index contributed by atoms with van der Waals surface area (Å²) in [5, 5.41) is 32.3. The smallest absolute Gasteiger partial charge is 0.289 e. The van der Waals surface area contributed by atoms with Gasteiger partial charge in [-0.2, -0.15) is 0 Å². The fourth-order valence-corrected chi connectivity index (χ4v) is 3.87. The van der Waals surface area contributed by atoms with Crippen molar-refractivity contribution < 1.29 is 15.0 Å². The highest BCUT2D eigenvalue weighted by Gasteiger charge is 2.24. The van der Waals surface area contributed by atoms with E-state index in [9.17, 15) is 15.0 Å². The second kappa shape index (κ2) is 10.7. The van der Waals surface area contributed by atoms with E-state index in [4.69, 9.17) is 0 Å². The summed E-state index contributed by atoms with van der Waals surface area (Å²) >= 11 is 0. The first-order chi connectivity index (χ1) is 16.2. The number of hydrogen-bond acceptors (Lipinski definition) is 6. The average Bonchev–Trinajstić information content (AvgIpc) is 3.22. The number of carbonyl (C=O) groups is 1. The van der Waals surface area contributed by atoms with Gasteiger partial charge in [-0.1, -0.05) is 39.8 Å². The van der Waals surface area contributed by atoms with E-state index in [1.807, 2.05) is 52.0 Å². The van der Waals surface area contributed by atoms with Crippen molar-refractivity contribution in [1.82, 2.24) is 25.0 Å². The molecular weight excluding hydrogens is 430 g/mol. The maximum Gasteiger partial charge on any atom is 0.289 e. The lowest BCUT2D eigenvalue weighted by atomic mass is 9.98. The molecule has 0 aliphatic heterocycles. The fraction of sp³-hybridized carbons (Fsp3) is 0.423. The first-order valence-corrected chi connectivity index (χ1v) is 11.8. The Morgan fingerprint density at radius 2 is 1.65 bits per heavy atom. The Labute approximate surface area is 201 Å². The van der Waals surface area contributed by atoms with Crippen LogP contribution in [0.2, 0.25) is 0 Å². The van der Waals surface area contributed by atoms with E-state index >= 15 is 0 Å². The lowest BCUT2D eigenvalue weighted by Crippen LogP contribution is -2.32. The van der Waals surface area contributed by atoms with E-state index in [1.54, 1.807) is 10.6 Å². The molecular formula is C26H35N5O3. The molecule has 3 aromatic rings. The topological polar surface area (TPSA) is 104 Å². The highest BCUT2D eigenvalue weighted by Crippen LogP contribution is 2.38. The number of aromatic nitrogens is 3. The second-order valence-electron chi connectivity index (χ2n) is 9.02. The Hall–Kier alpha value is -3.39. The van der Waals surface area contributed by atoms with Crippen molar-refractivity contribution in [3.8, 4) is 28.6 Å². The molecule has 3 rings (SSSR count). The van der Waals surface area contributed by atoms with Gasteiger partial charge in [-0.05, 0) is 62.2 Å². The van der Waals surface area contributed by atoms with Crippen LogP contribution < -0.4 is 5.32 Å². The van der Waals surface area contributed by atoms with E-state index in [0.29, 0.717) is 22.6 Å². The molecule has 182 valence electrons. The van der Waals surface area contributed by atoms with Crippen LogP contribution in [-0.4, -0.2) is 54.9 Å². The molecule has 0 bridgehead atoms. The molecule has 8 heteroatoms. The maximum atomic E-state index is 13.0. The number of aromatic hydroxyl groups is 2. The van der Waals surface area contributed by atoms with Crippen molar-refractivity contribution in [2.45, 2.75) is 60.0 Å². The van der Waals surface area contributed by atoms with Gasteiger partial charge in [0.1, 0.15) is 11.5 Å². The summed E-state index contributed by atoms with van der Waals surface area (Å²) in [5.41, 5.74) is 2.93. The zero-order valence-electron chi connectivity index (χ0n) is 20.8. The average molecular weight is 466 g/mol. The lowest BCUT2D eigenvalue weighted by molar-refractivity contribution is 0.0930. The Bertz CT molecular complexity index is 1130. The van der Waals surface area contributed by atoms with Crippen molar-refractivity contribution in [3.63, 3.8) is 0 Å². The van der Waals surface area contributed by atoms with Gasteiger partial charge in [-0.3, -0.25) is 14.3 Å². The number of nitrogens with one attached hydrogen (secondary N) is 1. The number of carbonyl (C=O) groups excluding carboxylic acids is 1. The van der Waals surface area contributed by atoms with Gasteiger partial charge in [-0.25, -0.2) is 0 Å². The van der Waals surface area contributed by atoms with Crippen LogP contribution in [0.1, 0.15) is 69.2 Å². The minimum atomic E-state index is -0.358. The third kappa shape index (κ3) is 5.39. The zero-order valence-corrected chi connectivity index (χ0v) is 20.8. The summed E-state index contributed by atoms with van der Waals surface area (Å²) in [4.78, 5) is 15.3. The summed E-state index contributed by atoms with van der Waals surface area (Å²) < 4.78 is 1.65. The lowest BCUT2D eigenvalue weighted by Gasteiger charge is -2.18. The minimum absolute atomic E-state index is 0.0147. The van der Waals surface area contributed by atoms with E-state index < -0.39 is 0 Å². The minimum Gasteiger partial charge on any atom is -0.508 e. The molecule has 0 atom stereocenters. The van der Waals surface area contributed by atoms with Gasteiger partial charge in [0.05, 0.1) is 5.56 Å². The normalized spacial score (nSPS) is 11.6. The van der Waals surface area contributed by atoms with Crippen molar-refractivity contribution in [1.29, 1.82) is 0 Å². The fourth-order valence-electron chi connectivity index (χ4n) is 3.87. The number of nitrogens with zero attached hydrogens (tertiary/aromatic N) is 4. The highest BCUT2D eigenvalue weighted by atomic mass is 16.3. The van der Waals surface area contributed by atoms with Crippen molar-refractivity contribution in [2.24, 2.45) is 0 Å². The van der Waals surface area contributed by atoms with E-state index in [1.165, 1.54) is 6.07 Å². The van der Waals surface area contributed by atoms with Gasteiger partial charge in [0, 0.05) is 24.3 Å². The molecule has 34 heavy (non-hydrogen) atoms. The molecule has 0 fully saturated rings. The van der Waals surface area contributed by atoms with Gasteiger partial charge >= 0.3 is 0 Å². The van der Waals surface area contributed by atoms with Crippen molar-refractivity contribution >= 4 is 5.91 Å². The van der Waals surface area contributed by atoms with Gasteiger partial charge in [0.25, 0.3) is 5.91 Å². The molecule has 0 saturated carbocycles. The summed E-state index contributed by atoms with van der Waals surface area (Å²) in [6.07, 6.45) is 0. The van der Waals surface area contributed by atoms with E-state index in [2.05, 4.69) is 34.3 Å². The molecule has 0 saturated heterocycles. The molecule has 0 radical (unpaired) electrons. The van der Waals surface area contributed by atoms with Gasteiger partial charge < -0.3 is 15.5 Å². The first kappa shape index (κ1) is 25.2. The molecule has 2 aromatic carbocycles. The molecule has 1 amide bonds. The number of phenolic OH excluding ortho intramolecular Hbond substituents is 2. The molecule has 0 aliphatic carbocycles. The van der Waals surface area contributed by atoms with Gasteiger partial charge in [0.15, 0.2) is 5.82 Å². The molecule has 0 aliphatic rings. The van der Waals surface area contributed by atoms with Crippen molar-refractivity contribution in [2.75, 3.05) is 13.1 Å². The second-order valence-corrected chi connectivity index (χ2v) is 9.02. The van der Waals surface area contributed by atoms with Crippen LogP contribution in [0.25, 0.3) is 17.1 Å². The van der Waals surface area contributed by atoms with Crippen LogP contribution in [0.5, 0.6) is 11.5 Å². The van der Waals surface area contributed by atoms with E-state index in [0.717, 1.165) is 25.2 Å². The monoisotopic (exact) mass is 465 g/mol.